The predicted octanol–water partition coefficient (Wildman–Crippen LogP) is 2.51. The smallest absolute Gasteiger partial charge is 0.355 e. The minimum Gasteiger partial charge on any atom is -0.476 e. The molecule has 27 heavy (non-hydrogen) atoms. The SMILES string of the molecule is O=C(O)c1nccc2c(S(=O)(=O)N3CCC(C4CCCO4)CC3)cccc12. The summed E-state index contributed by atoms with van der Waals surface area (Å²) in [7, 11) is -3.71. The molecule has 7 nitrogen and oxygen atoms in total. The lowest BCUT2D eigenvalue weighted by Gasteiger charge is -2.33. The molecule has 1 unspecified atom stereocenters. The second-order valence-corrected chi connectivity index (χ2v) is 9.02. The van der Waals surface area contributed by atoms with Crippen LogP contribution in [-0.4, -0.2) is 54.6 Å². The Hall–Kier alpha value is -2.03. The molecule has 0 saturated carbocycles. The molecule has 2 aromatic rings. The van der Waals surface area contributed by atoms with Gasteiger partial charge in [0.25, 0.3) is 0 Å². The Morgan fingerprint density at radius 2 is 1.93 bits per heavy atom. The van der Waals surface area contributed by atoms with Crippen LogP contribution in [0.15, 0.2) is 35.4 Å². The first-order valence-corrected chi connectivity index (χ1v) is 10.7. The number of ether oxygens (including phenoxy) is 1. The van der Waals surface area contributed by atoms with Gasteiger partial charge in [0.05, 0.1) is 11.0 Å². The van der Waals surface area contributed by atoms with E-state index in [1.54, 1.807) is 18.2 Å². The number of piperidine rings is 1. The third kappa shape index (κ3) is 3.33. The highest BCUT2D eigenvalue weighted by atomic mass is 32.2. The van der Waals surface area contributed by atoms with Gasteiger partial charge < -0.3 is 9.84 Å². The Balaban J connectivity index is 1.63. The molecule has 2 aliphatic heterocycles. The van der Waals surface area contributed by atoms with Crippen molar-refractivity contribution < 1.29 is 23.1 Å². The maximum Gasteiger partial charge on any atom is 0.355 e. The summed E-state index contributed by atoms with van der Waals surface area (Å²) in [6.45, 7) is 1.72. The van der Waals surface area contributed by atoms with E-state index in [0.717, 1.165) is 32.3 Å². The van der Waals surface area contributed by atoms with Crippen molar-refractivity contribution in [2.24, 2.45) is 5.92 Å². The summed E-state index contributed by atoms with van der Waals surface area (Å²) >= 11 is 0. The molecule has 1 aromatic carbocycles. The molecule has 4 rings (SSSR count). The fourth-order valence-corrected chi connectivity index (χ4v) is 5.85. The van der Waals surface area contributed by atoms with E-state index >= 15 is 0 Å². The highest BCUT2D eigenvalue weighted by molar-refractivity contribution is 7.89. The number of nitrogens with zero attached hydrogens (tertiary/aromatic N) is 2. The van der Waals surface area contributed by atoms with Crippen molar-refractivity contribution >= 4 is 26.8 Å². The summed E-state index contributed by atoms with van der Waals surface area (Å²) in [5.41, 5.74) is -0.137. The van der Waals surface area contributed by atoms with Gasteiger partial charge in [-0.15, -0.1) is 0 Å². The lowest BCUT2D eigenvalue weighted by Crippen LogP contribution is -2.41. The molecule has 2 fully saturated rings. The van der Waals surface area contributed by atoms with Crippen molar-refractivity contribution in [3.63, 3.8) is 0 Å². The lowest BCUT2D eigenvalue weighted by atomic mass is 9.91. The maximum absolute atomic E-state index is 13.2. The highest BCUT2D eigenvalue weighted by Crippen LogP contribution is 2.33. The van der Waals surface area contributed by atoms with Gasteiger partial charge in [0.2, 0.25) is 10.0 Å². The fraction of sp³-hybridized carbons (Fsp3) is 0.474. The predicted molar refractivity (Wildman–Crippen MR) is 99.2 cm³/mol. The first kappa shape index (κ1) is 18.3. The zero-order chi connectivity index (χ0) is 19.0. The lowest BCUT2D eigenvalue weighted by molar-refractivity contribution is 0.0425. The molecule has 2 aliphatic rings. The quantitative estimate of drug-likeness (QED) is 0.862. The number of carbonyl (C=O) groups is 1. The van der Waals surface area contributed by atoms with E-state index in [2.05, 4.69) is 4.98 Å². The summed E-state index contributed by atoms with van der Waals surface area (Å²) in [5.74, 6) is -0.762. The molecule has 0 bridgehead atoms. The van der Waals surface area contributed by atoms with E-state index < -0.39 is 16.0 Å². The summed E-state index contributed by atoms with van der Waals surface area (Å²) in [4.78, 5) is 15.4. The number of sulfonamides is 1. The van der Waals surface area contributed by atoms with Gasteiger partial charge in [0.15, 0.2) is 5.69 Å². The Labute approximate surface area is 158 Å². The monoisotopic (exact) mass is 390 g/mol. The standard InChI is InChI=1S/C19H22N2O5S/c22-19(23)18-15-3-1-5-17(14(15)6-9-20-18)27(24,25)21-10-7-13(8-11-21)16-4-2-12-26-16/h1,3,5-6,9,13,16H,2,4,7-8,10-12H2,(H,22,23). The second kappa shape index (κ2) is 7.18. The van der Waals surface area contributed by atoms with E-state index in [1.807, 2.05) is 0 Å². The number of pyridine rings is 1. The largest absolute Gasteiger partial charge is 0.476 e. The van der Waals surface area contributed by atoms with Gasteiger partial charge in [-0.3, -0.25) is 0 Å². The number of benzene rings is 1. The zero-order valence-corrected chi connectivity index (χ0v) is 15.7. The Morgan fingerprint density at radius 1 is 1.15 bits per heavy atom. The maximum atomic E-state index is 13.2. The summed E-state index contributed by atoms with van der Waals surface area (Å²) in [6, 6.07) is 6.26. The number of carboxylic acids is 1. The van der Waals surface area contributed by atoms with Crippen molar-refractivity contribution in [2.45, 2.75) is 36.7 Å². The minimum absolute atomic E-state index is 0.137. The third-order valence-corrected chi connectivity index (χ3v) is 7.53. The van der Waals surface area contributed by atoms with Crippen LogP contribution < -0.4 is 0 Å². The van der Waals surface area contributed by atoms with Crippen LogP contribution in [0.3, 0.4) is 0 Å². The zero-order valence-electron chi connectivity index (χ0n) is 14.9. The molecule has 8 heteroatoms. The number of hydrogen-bond acceptors (Lipinski definition) is 5. The number of aromatic carboxylic acids is 1. The van der Waals surface area contributed by atoms with Crippen LogP contribution in [0.5, 0.6) is 0 Å². The van der Waals surface area contributed by atoms with Gasteiger partial charge in [-0.25, -0.2) is 18.2 Å². The van der Waals surface area contributed by atoms with Crippen molar-refractivity contribution in [1.29, 1.82) is 0 Å². The topological polar surface area (TPSA) is 96.8 Å². The van der Waals surface area contributed by atoms with Crippen LogP contribution in [0.2, 0.25) is 0 Å². The molecular formula is C19H22N2O5S. The van der Waals surface area contributed by atoms with Gasteiger partial charge in [-0.05, 0) is 43.7 Å². The second-order valence-electron chi connectivity index (χ2n) is 7.11. The van der Waals surface area contributed by atoms with Crippen molar-refractivity contribution in [3.05, 3.63) is 36.2 Å². The molecule has 2 saturated heterocycles. The van der Waals surface area contributed by atoms with Gasteiger partial charge >= 0.3 is 5.97 Å². The molecule has 1 atom stereocenters. The van der Waals surface area contributed by atoms with Crippen LogP contribution in [0.25, 0.3) is 10.8 Å². The summed E-state index contributed by atoms with van der Waals surface area (Å²) in [5, 5.41) is 10.1. The average molecular weight is 390 g/mol. The summed E-state index contributed by atoms with van der Waals surface area (Å²) in [6.07, 6.45) is 5.32. The Kier molecular flexibility index (Phi) is 4.88. The van der Waals surface area contributed by atoms with Crippen LogP contribution in [0, 0.1) is 5.92 Å². The number of rotatable bonds is 4. The van der Waals surface area contributed by atoms with E-state index in [0.29, 0.717) is 29.8 Å². The fourth-order valence-electron chi connectivity index (χ4n) is 4.18. The molecule has 1 N–H and O–H groups in total. The molecule has 1 aromatic heterocycles. The third-order valence-electron chi connectivity index (χ3n) is 5.58. The van der Waals surface area contributed by atoms with Crippen molar-refractivity contribution in [1.82, 2.24) is 9.29 Å². The van der Waals surface area contributed by atoms with Crippen molar-refractivity contribution in [2.75, 3.05) is 19.7 Å². The Morgan fingerprint density at radius 3 is 2.59 bits per heavy atom. The average Bonchev–Trinajstić information content (AvgIpc) is 3.21. The number of carboxylic acid groups (broad SMARTS) is 1. The van der Waals surface area contributed by atoms with Gasteiger partial charge in [-0.2, -0.15) is 4.31 Å². The minimum atomic E-state index is -3.71. The highest BCUT2D eigenvalue weighted by Gasteiger charge is 2.34. The Bertz CT molecular complexity index is 961. The molecule has 3 heterocycles. The van der Waals surface area contributed by atoms with Gasteiger partial charge in [0, 0.05) is 36.7 Å². The number of aromatic nitrogens is 1. The first-order chi connectivity index (χ1) is 13.0. The van der Waals surface area contributed by atoms with Crippen LogP contribution in [0.4, 0.5) is 0 Å². The normalized spacial score (nSPS) is 22.3. The molecule has 0 spiro atoms. The molecule has 0 radical (unpaired) electrons. The molecule has 144 valence electrons. The van der Waals surface area contributed by atoms with E-state index in [4.69, 9.17) is 4.74 Å². The molecule has 0 amide bonds. The van der Waals surface area contributed by atoms with Crippen molar-refractivity contribution in [3.8, 4) is 0 Å². The first-order valence-electron chi connectivity index (χ1n) is 9.21. The summed E-state index contributed by atoms with van der Waals surface area (Å²) < 4.78 is 33.7. The van der Waals surface area contributed by atoms with Crippen LogP contribution in [0.1, 0.15) is 36.2 Å². The molecule has 0 aliphatic carbocycles. The van der Waals surface area contributed by atoms with E-state index in [1.165, 1.54) is 16.6 Å². The van der Waals surface area contributed by atoms with Crippen LogP contribution >= 0.6 is 0 Å². The van der Waals surface area contributed by atoms with E-state index in [-0.39, 0.29) is 16.7 Å². The van der Waals surface area contributed by atoms with Gasteiger partial charge in [0.1, 0.15) is 0 Å². The molecular weight excluding hydrogens is 368 g/mol. The number of fused-ring (bicyclic) bond motifs is 1. The number of hydrogen-bond donors (Lipinski definition) is 1. The van der Waals surface area contributed by atoms with Crippen LogP contribution in [-0.2, 0) is 14.8 Å². The van der Waals surface area contributed by atoms with E-state index in [9.17, 15) is 18.3 Å². The van der Waals surface area contributed by atoms with Gasteiger partial charge in [-0.1, -0.05) is 12.1 Å².